The first-order valence-electron chi connectivity index (χ1n) is 4.89. The monoisotopic (exact) mass is 245 g/mol. The molecule has 0 unspecified atom stereocenters. The van der Waals surface area contributed by atoms with Crippen molar-refractivity contribution in [2.75, 3.05) is 0 Å². The molecule has 0 bridgehead atoms. The number of aromatic amines is 2. The second-order valence-corrected chi connectivity index (χ2v) is 3.82. The number of aromatic nitrogens is 5. The lowest BCUT2D eigenvalue weighted by Gasteiger charge is -1.99. The second kappa shape index (κ2) is 3.63. The molecule has 2 heterocycles. The summed E-state index contributed by atoms with van der Waals surface area (Å²) in [6.07, 6.45) is 0. The Morgan fingerprint density at radius 2 is 2.00 bits per heavy atom. The van der Waals surface area contributed by atoms with E-state index in [0.29, 0.717) is 16.2 Å². The van der Waals surface area contributed by atoms with Crippen LogP contribution in [-0.2, 0) is 0 Å². The second-order valence-electron chi connectivity index (χ2n) is 3.43. The highest BCUT2D eigenvalue weighted by Gasteiger charge is 2.08. The molecule has 0 aliphatic heterocycles. The van der Waals surface area contributed by atoms with Crippen molar-refractivity contribution in [1.82, 2.24) is 24.8 Å². The van der Waals surface area contributed by atoms with E-state index in [0.717, 1.165) is 5.56 Å². The zero-order chi connectivity index (χ0) is 11.8. The highest BCUT2D eigenvalue weighted by molar-refractivity contribution is 7.71. The number of hydrogen-bond acceptors (Lipinski definition) is 4. The largest absolute Gasteiger partial charge is 0.288 e. The first kappa shape index (κ1) is 9.91. The van der Waals surface area contributed by atoms with Crippen molar-refractivity contribution >= 4 is 18.0 Å². The Bertz CT molecular complexity index is 786. The van der Waals surface area contributed by atoms with Gasteiger partial charge in [-0.05, 0) is 12.2 Å². The molecular formula is C10H7N5OS. The van der Waals surface area contributed by atoms with Gasteiger partial charge in [0.2, 0.25) is 4.77 Å². The Labute approximate surface area is 99.9 Å². The molecule has 0 aliphatic carbocycles. The van der Waals surface area contributed by atoms with E-state index in [1.807, 2.05) is 30.3 Å². The molecule has 3 rings (SSSR count). The number of benzene rings is 1. The summed E-state index contributed by atoms with van der Waals surface area (Å²) in [6, 6.07) is 9.19. The minimum Gasteiger partial charge on any atom is -0.288 e. The summed E-state index contributed by atoms with van der Waals surface area (Å²) < 4.78 is 1.73. The maximum absolute atomic E-state index is 11.8. The van der Waals surface area contributed by atoms with Crippen molar-refractivity contribution < 1.29 is 0 Å². The normalized spacial score (nSPS) is 10.8. The fourth-order valence-corrected chi connectivity index (χ4v) is 1.73. The van der Waals surface area contributed by atoms with Crippen LogP contribution in [-0.4, -0.2) is 24.8 Å². The van der Waals surface area contributed by atoms with Crippen molar-refractivity contribution in [1.29, 1.82) is 0 Å². The van der Waals surface area contributed by atoms with Gasteiger partial charge in [0.15, 0.2) is 5.69 Å². The van der Waals surface area contributed by atoms with Gasteiger partial charge in [-0.3, -0.25) is 9.78 Å². The van der Waals surface area contributed by atoms with Gasteiger partial charge in [0, 0.05) is 5.56 Å². The summed E-state index contributed by atoms with van der Waals surface area (Å²) in [5, 5.41) is 10.6. The van der Waals surface area contributed by atoms with Crippen molar-refractivity contribution in [2.24, 2.45) is 0 Å². The molecule has 0 radical (unpaired) electrons. The van der Waals surface area contributed by atoms with Gasteiger partial charge < -0.3 is 0 Å². The fraction of sp³-hybridized carbons (Fsp3) is 0. The maximum atomic E-state index is 11.8. The van der Waals surface area contributed by atoms with Crippen LogP contribution < -0.4 is 5.56 Å². The van der Waals surface area contributed by atoms with Crippen molar-refractivity contribution in [3.63, 3.8) is 0 Å². The van der Waals surface area contributed by atoms with Crippen molar-refractivity contribution in [3.8, 4) is 11.3 Å². The Morgan fingerprint density at radius 3 is 2.76 bits per heavy atom. The first-order valence-corrected chi connectivity index (χ1v) is 5.30. The van der Waals surface area contributed by atoms with Gasteiger partial charge in [0.05, 0.1) is 0 Å². The summed E-state index contributed by atoms with van der Waals surface area (Å²) in [5.74, 6) is 0.305. The maximum Gasteiger partial charge on any atom is 0.279 e. The van der Waals surface area contributed by atoms with Crippen LogP contribution in [0.25, 0.3) is 17.0 Å². The van der Waals surface area contributed by atoms with Gasteiger partial charge in [-0.25, -0.2) is 5.10 Å². The van der Waals surface area contributed by atoms with Gasteiger partial charge in [0.1, 0.15) is 0 Å². The van der Waals surface area contributed by atoms with Gasteiger partial charge in [0.25, 0.3) is 11.3 Å². The smallest absolute Gasteiger partial charge is 0.279 e. The molecule has 0 amide bonds. The predicted octanol–water partition coefficient (Wildman–Crippen LogP) is 1.14. The van der Waals surface area contributed by atoms with E-state index in [2.05, 4.69) is 20.3 Å². The average molecular weight is 245 g/mol. The molecule has 2 aromatic heterocycles. The van der Waals surface area contributed by atoms with E-state index in [9.17, 15) is 4.79 Å². The number of rotatable bonds is 1. The predicted molar refractivity (Wildman–Crippen MR) is 64.2 cm³/mol. The summed E-state index contributed by atoms with van der Waals surface area (Å²) >= 11 is 5.00. The molecule has 17 heavy (non-hydrogen) atoms. The molecule has 2 N–H and O–H groups in total. The molecule has 0 spiro atoms. The molecule has 0 saturated carbocycles. The van der Waals surface area contributed by atoms with E-state index >= 15 is 0 Å². The van der Waals surface area contributed by atoms with Crippen LogP contribution in [0.1, 0.15) is 0 Å². The van der Waals surface area contributed by atoms with Crippen LogP contribution in [0.5, 0.6) is 0 Å². The van der Waals surface area contributed by atoms with E-state index in [-0.39, 0.29) is 5.56 Å². The molecule has 0 saturated heterocycles. The van der Waals surface area contributed by atoms with Crippen LogP contribution in [0.15, 0.2) is 35.1 Å². The summed E-state index contributed by atoms with van der Waals surface area (Å²) in [4.78, 5) is 14.4. The van der Waals surface area contributed by atoms with Crippen molar-refractivity contribution in [3.05, 3.63) is 45.5 Å². The highest BCUT2D eigenvalue weighted by atomic mass is 32.1. The van der Waals surface area contributed by atoms with Crippen LogP contribution in [0.4, 0.5) is 0 Å². The average Bonchev–Trinajstić information content (AvgIpc) is 2.70. The lowest BCUT2D eigenvalue weighted by atomic mass is 10.2. The van der Waals surface area contributed by atoms with Gasteiger partial charge in [-0.15, -0.1) is 5.10 Å². The number of H-pyrrole nitrogens is 2. The van der Waals surface area contributed by atoms with E-state index < -0.39 is 0 Å². The van der Waals surface area contributed by atoms with Crippen LogP contribution in [0.3, 0.4) is 0 Å². The van der Waals surface area contributed by atoms with E-state index in [4.69, 9.17) is 12.2 Å². The molecule has 0 fully saturated rings. The third-order valence-electron chi connectivity index (χ3n) is 2.34. The van der Waals surface area contributed by atoms with E-state index in [1.54, 1.807) is 0 Å². The van der Waals surface area contributed by atoms with Crippen LogP contribution in [0.2, 0.25) is 0 Å². The Hall–Kier alpha value is -2.28. The molecule has 6 nitrogen and oxygen atoms in total. The van der Waals surface area contributed by atoms with Crippen molar-refractivity contribution in [2.45, 2.75) is 0 Å². The molecule has 84 valence electrons. The topological polar surface area (TPSA) is 78.8 Å². The van der Waals surface area contributed by atoms with Gasteiger partial charge >= 0.3 is 0 Å². The molecule has 3 aromatic rings. The molecule has 7 heteroatoms. The van der Waals surface area contributed by atoms with Crippen LogP contribution >= 0.6 is 12.2 Å². The number of hydrogen-bond donors (Lipinski definition) is 2. The summed E-state index contributed by atoms with van der Waals surface area (Å²) in [6.45, 7) is 0. The van der Waals surface area contributed by atoms with Gasteiger partial charge in [-0.1, -0.05) is 30.3 Å². The minimum atomic E-state index is -0.294. The Balaban J connectivity index is 2.37. The van der Waals surface area contributed by atoms with Crippen LogP contribution in [0, 0.1) is 4.77 Å². The summed E-state index contributed by atoms with van der Waals surface area (Å²) in [5.41, 5.74) is 0.757. The van der Waals surface area contributed by atoms with E-state index in [1.165, 1.54) is 4.52 Å². The third kappa shape index (κ3) is 1.56. The van der Waals surface area contributed by atoms with Gasteiger partial charge in [-0.2, -0.15) is 9.61 Å². The standard InChI is InChI=1S/C10H7N5OS/c16-8-7(6-4-2-1-3-5-6)14-15-9(11-8)12-13-10(15)17/h1-5H,(H,13,17)(H,11,12,16). The number of fused-ring (bicyclic) bond motifs is 1. The Kier molecular flexibility index (Phi) is 2.12. The molecular weight excluding hydrogens is 238 g/mol. The lowest BCUT2D eigenvalue weighted by Crippen LogP contribution is -2.15. The molecule has 0 aliphatic rings. The number of nitrogens with zero attached hydrogens (tertiary/aromatic N) is 3. The lowest BCUT2D eigenvalue weighted by molar-refractivity contribution is 0.879. The molecule has 0 atom stereocenters. The third-order valence-corrected chi connectivity index (χ3v) is 2.60. The number of nitrogens with one attached hydrogen (secondary N) is 2. The minimum absolute atomic E-state index is 0.294. The zero-order valence-electron chi connectivity index (χ0n) is 8.54. The quantitative estimate of drug-likeness (QED) is 0.630. The Morgan fingerprint density at radius 1 is 1.24 bits per heavy atom. The highest BCUT2D eigenvalue weighted by Crippen LogP contribution is 2.10. The fourth-order valence-electron chi connectivity index (χ4n) is 1.56. The first-order chi connectivity index (χ1) is 8.25. The molecule has 1 aromatic carbocycles. The summed E-state index contributed by atoms with van der Waals surface area (Å²) in [7, 11) is 0. The zero-order valence-corrected chi connectivity index (χ0v) is 9.36. The SMILES string of the molecule is O=c1[nH]c2n[nH]c(=S)n2nc1-c1ccccc1.